The molecule has 0 saturated carbocycles. The summed E-state index contributed by atoms with van der Waals surface area (Å²) in [5.74, 6) is -1.27. The van der Waals surface area contributed by atoms with Gasteiger partial charge in [0.2, 0.25) is 0 Å². The van der Waals surface area contributed by atoms with Crippen LogP contribution in [0, 0.1) is 6.92 Å². The van der Waals surface area contributed by atoms with E-state index < -0.39 is 24.6 Å². The molecule has 0 aromatic carbocycles. The quantitative estimate of drug-likeness (QED) is 0.703. The lowest BCUT2D eigenvalue weighted by Crippen LogP contribution is -2.48. The molecule has 0 fully saturated rings. The third-order valence-corrected chi connectivity index (χ3v) is 3.01. The monoisotopic (exact) mass is 273 g/mol. The highest BCUT2D eigenvalue weighted by Crippen LogP contribution is 2.09. The van der Waals surface area contributed by atoms with E-state index in [2.05, 4.69) is 10.3 Å². The van der Waals surface area contributed by atoms with Gasteiger partial charge in [0.1, 0.15) is 0 Å². The fourth-order valence-electron chi connectivity index (χ4n) is 1.24. The zero-order valence-corrected chi connectivity index (χ0v) is 10.9. The van der Waals surface area contributed by atoms with Crippen molar-refractivity contribution in [3.63, 3.8) is 0 Å². The van der Waals surface area contributed by atoms with Gasteiger partial charge in [0.15, 0.2) is 6.04 Å². The van der Waals surface area contributed by atoms with Gasteiger partial charge in [-0.2, -0.15) is 0 Å². The van der Waals surface area contributed by atoms with Crippen molar-refractivity contribution >= 4 is 23.3 Å². The number of aromatic nitrogens is 1. The third kappa shape index (κ3) is 3.97. The molecule has 1 aromatic rings. The molecule has 1 heterocycles. The number of hydrogen-bond acceptors (Lipinski definition) is 5. The molecule has 1 rings (SSSR count). The van der Waals surface area contributed by atoms with Gasteiger partial charge in [-0.1, -0.05) is 0 Å². The number of aliphatic hydroxyl groups excluding tert-OH is 1. The van der Waals surface area contributed by atoms with Crippen molar-refractivity contribution in [3.05, 3.63) is 16.1 Å². The molecule has 0 spiro atoms. The zero-order chi connectivity index (χ0) is 13.7. The molecule has 7 nitrogen and oxygen atoms in total. The van der Waals surface area contributed by atoms with Gasteiger partial charge in [-0.05, 0) is 6.92 Å². The van der Waals surface area contributed by atoms with Crippen molar-refractivity contribution in [3.8, 4) is 0 Å². The number of rotatable bonds is 5. The molecule has 0 aliphatic carbocycles. The number of thiazole rings is 1. The van der Waals surface area contributed by atoms with Crippen molar-refractivity contribution in [2.24, 2.45) is 0 Å². The first-order chi connectivity index (χ1) is 8.43. The molecule has 0 aliphatic rings. The summed E-state index contributed by atoms with van der Waals surface area (Å²) in [4.78, 5) is 27.8. The Bertz CT molecular complexity index is 435. The Labute approximate surface area is 108 Å². The van der Waals surface area contributed by atoms with E-state index in [9.17, 15) is 9.59 Å². The summed E-state index contributed by atoms with van der Waals surface area (Å²) in [6.07, 6.45) is 0. The lowest BCUT2D eigenvalue weighted by atomic mass is 10.3. The Morgan fingerprint density at radius 1 is 1.61 bits per heavy atom. The molecule has 0 saturated heterocycles. The Balaban J connectivity index is 2.53. The van der Waals surface area contributed by atoms with Crippen molar-refractivity contribution in [2.75, 3.05) is 13.7 Å². The van der Waals surface area contributed by atoms with Crippen LogP contribution in [0.1, 0.15) is 10.7 Å². The van der Waals surface area contributed by atoms with Crippen LogP contribution in [0.4, 0.5) is 4.79 Å². The Hall–Kier alpha value is -1.67. The SMILES string of the molecule is Cc1nc(CN(C)C(=O)N[C@H](CO)C(=O)O)cs1. The minimum atomic E-state index is -1.29. The fourth-order valence-corrected chi connectivity index (χ4v) is 1.84. The number of aliphatic carboxylic acids is 1. The summed E-state index contributed by atoms with van der Waals surface area (Å²) in [6.45, 7) is 1.50. The van der Waals surface area contributed by atoms with Gasteiger partial charge in [-0.15, -0.1) is 11.3 Å². The van der Waals surface area contributed by atoms with Crippen LogP contribution >= 0.6 is 11.3 Å². The van der Waals surface area contributed by atoms with Gasteiger partial charge in [0, 0.05) is 12.4 Å². The Morgan fingerprint density at radius 2 is 2.28 bits per heavy atom. The fraction of sp³-hybridized carbons (Fsp3) is 0.500. The Morgan fingerprint density at radius 3 is 2.72 bits per heavy atom. The average molecular weight is 273 g/mol. The van der Waals surface area contributed by atoms with Gasteiger partial charge in [0.25, 0.3) is 0 Å². The molecule has 0 bridgehead atoms. The van der Waals surface area contributed by atoms with Crippen LogP contribution in [0.3, 0.4) is 0 Å². The van der Waals surface area contributed by atoms with Gasteiger partial charge in [-0.25, -0.2) is 14.6 Å². The maximum absolute atomic E-state index is 11.6. The number of carboxylic acid groups (broad SMARTS) is 1. The maximum atomic E-state index is 11.6. The molecule has 2 amide bonds. The smallest absolute Gasteiger partial charge is 0.328 e. The van der Waals surface area contributed by atoms with Gasteiger partial charge < -0.3 is 20.4 Å². The maximum Gasteiger partial charge on any atom is 0.328 e. The highest BCUT2D eigenvalue weighted by atomic mass is 32.1. The van der Waals surface area contributed by atoms with Crippen LogP contribution in [0.2, 0.25) is 0 Å². The Kier molecular flexibility index (Phi) is 5.05. The molecule has 100 valence electrons. The molecule has 0 unspecified atom stereocenters. The summed E-state index contributed by atoms with van der Waals surface area (Å²) in [5.41, 5.74) is 0.742. The number of nitrogens with one attached hydrogen (secondary N) is 1. The standard InChI is InChI=1S/C10H15N3O4S/c1-6-11-7(5-18-6)3-13(2)10(17)12-8(4-14)9(15)16/h5,8,14H,3-4H2,1-2H3,(H,12,17)(H,15,16)/t8-/m1/s1. The van der Waals surface area contributed by atoms with Crippen LogP contribution in [-0.4, -0.2) is 51.8 Å². The summed E-state index contributed by atoms with van der Waals surface area (Å²) in [5, 5.41) is 22.4. The van der Waals surface area contributed by atoms with Crippen molar-refractivity contribution < 1.29 is 19.8 Å². The van der Waals surface area contributed by atoms with E-state index in [0.717, 1.165) is 10.7 Å². The second-order valence-electron chi connectivity index (χ2n) is 3.74. The second kappa shape index (κ2) is 6.31. The highest BCUT2D eigenvalue weighted by molar-refractivity contribution is 7.09. The minimum absolute atomic E-state index is 0.286. The lowest BCUT2D eigenvalue weighted by molar-refractivity contribution is -0.140. The van der Waals surface area contributed by atoms with E-state index in [0.29, 0.717) is 0 Å². The number of carboxylic acids is 1. The topological polar surface area (TPSA) is 103 Å². The predicted molar refractivity (Wildman–Crippen MR) is 65.4 cm³/mol. The molecule has 8 heteroatoms. The van der Waals surface area contributed by atoms with Crippen LogP contribution in [0.25, 0.3) is 0 Å². The van der Waals surface area contributed by atoms with Crippen LogP contribution in [-0.2, 0) is 11.3 Å². The van der Waals surface area contributed by atoms with E-state index in [-0.39, 0.29) is 6.54 Å². The summed E-state index contributed by atoms with van der Waals surface area (Å²) < 4.78 is 0. The highest BCUT2D eigenvalue weighted by Gasteiger charge is 2.21. The van der Waals surface area contributed by atoms with Crippen LogP contribution in [0.5, 0.6) is 0 Å². The van der Waals surface area contributed by atoms with E-state index in [4.69, 9.17) is 10.2 Å². The predicted octanol–water partition coefficient (Wildman–Crippen LogP) is 0.0384. The van der Waals surface area contributed by atoms with Crippen molar-refractivity contribution in [1.29, 1.82) is 0 Å². The number of hydrogen-bond donors (Lipinski definition) is 3. The van der Waals surface area contributed by atoms with Crippen molar-refractivity contribution in [2.45, 2.75) is 19.5 Å². The van der Waals surface area contributed by atoms with Gasteiger partial charge >= 0.3 is 12.0 Å². The molecule has 0 radical (unpaired) electrons. The van der Waals surface area contributed by atoms with Crippen LogP contribution < -0.4 is 5.32 Å². The number of aryl methyl sites for hydroxylation is 1. The number of urea groups is 1. The zero-order valence-electron chi connectivity index (χ0n) is 10.1. The third-order valence-electron chi connectivity index (χ3n) is 2.19. The number of amides is 2. The van der Waals surface area contributed by atoms with E-state index in [1.54, 1.807) is 0 Å². The first-order valence-corrected chi connectivity index (χ1v) is 6.08. The largest absolute Gasteiger partial charge is 0.480 e. The van der Waals surface area contributed by atoms with E-state index >= 15 is 0 Å². The summed E-state index contributed by atoms with van der Waals surface area (Å²) >= 11 is 1.48. The van der Waals surface area contributed by atoms with Crippen molar-refractivity contribution in [1.82, 2.24) is 15.2 Å². The minimum Gasteiger partial charge on any atom is -0.480 e. The molecule has 1 aromatic heterocycles. The molecule has 18 heavy (non-hydrogen) atoms. The second-order valence-corrected chi connectivity index (χ2v) is 4.80. The number of carbonyl (C=O) groups excluding carboxylic acids is 1. The van der Waals surface area contributed by atoms with Gasteiger partial charge in [-0.3, -0.25) is 0 Å². The normalized spacial score (nSPS) is 11.9. The molecule has 1 atom stereocenters. The lowest BCUT2D eigenvalue weighted by Gasteiger charge is -2.19. The molecule has 0 aliphatic heterocycles. The first-order valence-electron chi connectivity index (χ1n) is 5.20. The average Bonchev–Trinajstić information content (AvgIpc) is 2.70. The number of carbonyl (C=O) groups is 2. The van der Waals surface area contributed by atoms with Crippen LogP contribution in [0.15, 0.2) is 5.38 Å². The van der Waals surface area contributed by atoms with E-state index in [1.165, 1.54) is 23.3 Å². The molecule has 3 N–H and O–H groups in total. The number of nitrogens with zero attached hydrogens (tertiary/aromatic N) is 2. The molecular weight excluding hydrogens is 258 g/mol. The van der Waals surface area contributed by atoms with Gasteiger partial charge in [0.05, 0.1) is 23.9 Å². The van der Waals surface area contributed by atoms with E-state index in [1.807, 2.05) is 12.3 Å². The first kappa shape index (κ1) is 14.4. The summed E-state index contributed by atoms with van der Waals surface area (Å²) in [7, 11) is 1.53. The molecular formula is C10H15N3O4S. The summed E-state index contributed by atoms with van der Waals surface area (Å²) in [6, 6.07) is -1.86. The number of aliphatic hydroxyl groups is 1.